The van der Waals surface area contributed by atoms with Gasteiger partial charge in [0.25, 0.3) is 5.91 Å². The molecule has 0 aliphatic carbocycles. The molecule has 0 aliphatic rings. The molecule has 3 aromatic rings. The van der Waals surface area contributed by atoms with Gasteiger partial charge in [-0.3, -0.25) is 9.89 Å². The van der Waals surface area contributed by atoms with E-state index < -0.39 is 0 Å². The van der Waals surface area contributed by atoms with Gasteiger partial charge >= 0.3 is 0 Å². The predicted octanol–water partition coefficient (Wildman–Crippen LogP) is 0.670. The molecule has 0 fully saturated rings. The van der Waals surface area contributed by atoms with Crippen LogP contribution in [0.4, 0.5) is 0 Å². The quantitative estimate of drug-likeness (QED) is 0.478. The highest BCUT2D eigenvalue weighted by atomic mass is 32.2. The van der Waals surface area contributed by atoms with Gasteiger partial charge in [-0.1, -0.05) is 23.9 Å². The molecule has 124 valence electrons. The maximum absolute atomic E-state index is 12.1. The molecule has 0 saturated carbocycles. The number of rotatable bonds is 7. The molecule has 0 unspecified atom stereocenters. The number of benzene rings is 1. The second-order valence-corrected chi connectivity index (χ2v) is 6.06. The van der Waals surface area contributed by atoms with E-state index in [4.69, 9.17) is 0 Å². The molecule has 3 rings (SSSR count). The number of nitrogens with one attached hydrogen (secondary N) is 2. The van der Waals surface area contributed by atoms with Crippen molar-refractivity contribution in [3.8, 4) is 0 Å². The average Bonchev–Trinajstić information content (AvgIpc) is 3.25. The second-order valence-electron chi connectivity index (χ2n) is 4.98. The Balaban J connectivity index is 1.47. The van der Waals surface area contributed by atoms with Crippen LogP contribution in [0.2, 0.25) is 0 Å². The van der Waals surface area contributed by atoms with Crippen molar-refractivity contribution in [1.29, 1.82) is 0 Å². The van der Waals surface area contributed by atoms with Crippen LogP contribution in [0.15, 0.2) is 35.7 Å². The van der Waals surface area contributed by atoms with Crippen LogP contribution in [0.1, 0.15) is 21.7 Å². The third kappa shape index (κ3) is 4.16. The number of hydrogen-bond acceptors (Lipinski definition) is 7. The Hall–Kier alpha value is -2.75. The van der Waals surface area contributed by atoms with Crippen LogP contribution in [-0.4, -0.2) is 53.6 Å². The minimum absolute atomic E-state index is 0.0988. The summed E-state index contributed by atoms with van der Waals surface area (Å²) in [6.07, 6.45) is 1.46. The molecular formula is C14H16N8OS. The van der Waals surface area contributed by atoms with E-state index in [1.54, 1.807) is 16.8 Å². The van der Waals surface area contributed by atoms with Crippen molar-refractivity contribution in [2.75, 3.05) is 12.3 Å². The smallest absolute Gasteiger partial charge is 0.251 e. The Morgan fingerprint density at radius 3 is 2.83 bits per heavy atom. The maximum atomic E-state index is 12.1. The molecule has 2 aromatic heterocycles. The van der Waals surface area contributed by atoms with Gasteiger partial charge in [0.05, 0.1) is 6.54 Å². The summed E-state index contributed by atoms with van der Waals surface area (Å²) in [5.41, 5.74) is 1.65. The molecule has 1 aromatic carbocycles. The lowest BCUT2D eigenvalue weighted by Gasteiger charge is -2.06. The lowest BCUT2D eigenvalue weighted by molar-refractivity contribution is 0.0956. The minimum Gasteiger partial charge on any atom is -0.351 e. The molecule has 9 nitrogen and oxygen atoms in total. The van der Waals surface area contributed by atoms with Gasteiger partial charge in [0.2, 0.25) is 0 Å². The number of tetrazole rings is 1. The topological polar surface area (TPSA) is 114 Å². The zero-order chi connectivity index (χ0) is 16.8. The highest BCUT2D eigenvalue weighted by molar-refractivity contribution is 7.99. The van der Waals surface area contributed by atoms with Crippen molar-refractivity contribution < 1.29 is 4.79 Å². The predicted molar refractivity (Wildman–Crippen MR) is 87.5 cm³/mol. The third-order valence-corrected chi connectivity index (χ3v) is 4.16. The van der Waals surface area contributed by atoms with Gasteiger partial charge < -0.3 is 5.32 Å². The number of thioether (sulfide) groups is 1. The number of carbonyl (C=O) groups excluding carboxylic acids is 1. The number of amides is 1. The van der Waals surface area contributed by atoms with Crippen LogP contribution in [0.25, 0.3) is 0 Å². The Labute approximate surface area is 142 Å². The van der Waals surface area contributed by atoms with Gasteiger partial charge in [-0.15, -0.1) is 5.10 Å². The van der Waals surface area contributed by atoms with Crippen LogP contribution >= 0.6 is 11.8 Å². The minimum atomic E-state index is -0.0988. The number of nitrogens with zero attached hydrogens (tertiary/aromatic N) is 6. The molecule has 2 N–H and O–H groups in total. The Bertz CT molecular complexity index is 783. The van der Waals surface area contributed by atoms with Gasteiger partial charge in [-0.05, 0) is 35.0 Å². The monoisotopic (exact) mass is 344 g/mol. The molecule has 0 atom stereocenters. The molecular weight excluding hydrogens is 328 g/mol. The third-order valence-electron chi connectivity index (χ3n) is 3.28. The molecule has 0 saturated heterocycles. The highest BCUT2D eigenvalue weighted by Gasteiger charge is 2.06. The first kappa shape index (κ1) is 16.1. The van der Waals surface area contributed by atoms with E-state index in [2.05, 4.69) is 36.0 Å². The van der Waals surface area contributed by atoms with E-state index in [0.717, 1.165) is 22.3 Å². The van der Waals surface area contributed by atoms with E-state index in [1.807, 2.05) is 19.1 Å². The van der Waals surface area contributed by atoms with E-state index in [9.17, 15) is 4.79 Å². The van der Waals surface area contributed by atoms with Crippen molar-refractivity contribution in [1.82, 2.24) is 40.7 Å². The lowest BCUT2D eigenvalue weighted by atomic mass is 10.1. The molecule has 0 spiro atoms. The fraction of sp³-hybridized carbons (Fsp3) is 0.286. The molecule has 10 heteroatoms. The summed E-state index contributed by atoms with van der Waals surface area (Å²) in [4.78, 5) is 16.1. The van der Waals surface area contributed by atoms with Gasteiger partial charge in [0.1, 0.15) is 12.2 Å². The first-order valence-electron chi connectivity index (χ1n) is 7.30. The van der Waals surface area contributed by atoms with E-state index in [0.29, 0.717) is 18.7 Å². The standard InChI is InChI=1S/C14H16N8OS/c1-10-18-20-21-22(10)8-11-2-4-12(5-3-11)13(23)15-6-7-24-14-16-9-17-19-14/h2-5,9H,6-8H2,1H3,(H,15,23)(H,16,17,19). The molecule has 1 amide bonds. The number of aromatic amines is 1. The van der Waals surface area contributed by atoms with E-state index >= 15 is 0 Å². The van der Waals surface area contributed by atoms with Crippen LogP contribution < -0.4 is 5.32 Å². The van der Waals surface area contributed by atoms with E-state index in [1.165, 1.54) is 18.1 Å². The Morgan fingerprint density at radius 2 is 2.17 bits per heavy atom. The zero-order valence-electron chi connectivity index (χ0n) is 13.0. The Kier molecular flexibility index (Phi) is 5.16. The summed E-state index contributed by atoms with van der Waals surface area (Å²) in [5, 5.41) is 21.5. The zero-order valence-corrected chi connectivity index (χ0v) is 13.8. The summed E-state index contributed by atoms with van der Waals surface area (Å²) in [5.74, 6) is 1.37. The van der Waals surface area contributed by atoms with Crippen molar-refractivity contribution in [2.24, 2.45) is 0 Å². The van der Waals surface area contributed by atoms with Crippen molar-refractivity contribution in [3.05, 3.63) is 47.5 Å². The van der Waals surface area contributed by atoms with Gasteiger partial charge in [0.15, 0.2) is 5.16 Å². The Morgan fingerprint density at radius 1 is 1.33 bits per heavy atom. The van der Waals surface area contributed by atoms with E-state index in [-0.39, 0.29) is 5.91 Å². The maximum Gasteiger partial charge on any atom is 0.251 e. The highest BCUT2D eigenvalue weighted by Crippen LogP contribution is 2.09. The summed E-state index contributed by atoms with van der Waals surface area (Å²) in [6.45, 7) is 2.98. The van der Waals surface area contributed by atoms with Crippen molar-refractivity contribution in [2.45, 2.75) is 18.6 Å². The van der Waals surface area contributed by atoms with Crippen molar-refractivity contribution >= 4 is 17.7 Å². The van der Waals surface area contributed by atoms with Crippen molar-refractivity contribution in [3.63, 3.8) is 0 Å². The fourth-order valence-corrected chi connectivity index (χ4v) is 2.64. The number of H-pyrrole nitrogens is 1. The molecule has 24 heavy (non-hydrogen) atoms. The average molecular weight is 344 g/mol. The fourth-order valence-electron chi connectivity index (χ4n) is 2.01. The number of aryl methyl sites for hydroxylation is 1. The summed E-state index contributed by atoms with van der Waals surface area (Å²) >= 11 is 1.50. The van der Waals surface area contributed by atoms with Gasteiger partial charge in [-0.25, -0.2) is 9.67 Å². The summed E-state index contributed by atoms with van der Waals surface area (Å²) < 4.78 is 1.70. The van der Waals surface area contributed by atoms with Crippen LogP contribution in [0, 0.1) is 6.92 Å². The SMILES string of the molecule is Cc1nnnn1Cc1ccc(C(=O)NCCSc2ncn[nH]2)cc1. The summed E-state index contributed by atoms with van der Waals surface area (Å²) in [6, 6.07) is 7.40. The van der Waals surface area contributed by atoms with Crippen LogP contribution in [0.3, 0.4) is 0 Å². The van der Waals surface area contributed by atoms with Crippen LogP contribution in [0.5, 0.6) is 0 Å². The first-order chi connectivity index (χ1) is 11.7. The lowest BCUT2D eigenvalue weighted by Crippen LogP contribution is -2.25. The molecule has 2 heterocycles. The van der Waals surface area contributed by atoms with Crippen LogP contribution in [-0.2, 0) is 6.54 Å². The van der Waals surface area contributed by atoms with Gasteiger partial charge in [-0.2, -0.15) is 5.10 Å². The normalized spacial score (nSPS) is 10.7. The second kappa shape index (κ2) is 7.68. The first-order valence-corrected chi connectivity index (χ1v) is 8.29. The molecule has 0 aliphatic heterocycles. The summed E-state index contributed by atoms with van der Waals surface area (Å²) in [7, 11) is 0. The van der Waals surface area contributed by atoms with Gasteiger partial charge in [0, 0.05) is 17.9 Å². The number of carbonyl (C=O) groups is 1. The largest absolute Gasteiger partial charge is 0.351 e. The number of hydrogen-bond donors (Lipinski definition) is 2. The molecule has 0 bridgehead atoms. The number of aromatic nitrogens is 7. The molecule has 0 radical (unpaired) electrons.